The highest BCUT2D eigenvalue weighted by Gasteiger charge is 2.19. The molecular formula is C12H19BO4. The van der Waals surface area contributed by atoms with Gasteiger partial charge in [-0.25, -0.2) is 0 Å². The fraction of sp³-hybridized carbons (Fsp3) is 0.500. The summed E-state index contributed by atoms with van der Waals surface area (Å²) in [6.45, 7) is 2.08. The van der Waals surface area contributed by atoms with Gasteiger partial charge in [0.05, 0.1) is 13.2 Å². The van der Waals surface area contributed by atoms with Crippen molar-refractivity contribution in [2.75, 3.05) is 7.11 Å². The largest absolute Gasteiger partial charge is 0.634 e. The molecule has 5 heteroatoms. The standard InChI is InChI=1S/C12H19BO4/c1-3-4-5-12(17-13(14)15)10-6-8-11(16-2)9-7-10/h6-9,12,14-15H,3-5H2,1-2H3. The first kappa shape index (κ1) is 14.0. The lowest BCUT2D eigenvalue weighted by molar-refractivity contribution is 0.110. The van der Waals surface area contributed by atoms with E-state index in [9.17, 15) is 0 Å². The van der Waals surface area contributed by atoms with Crippen LogP contribution in [0.3, 0.4) is 0 Å². The highest BCUT2D eigenvalue weighted by atomic mass is 16.6. The Hall–Kier alpha value is -1.04. The molecule has 1 rings (SSSR count). The normalized spacial score (nSPS) is 12.2. The van der Waals surface area contributed by atoms with Crippen LogP contribution in [-0.2, 0) is 4.65 Å². The average molecular weight is 238 g/mol. The van der Waals surface area contributed by atoms with Gasteiger partial charge in [0.2, 0.25) is 0 Å². The molecule has 2 N–H and O–H groups in total. The van der Waals surface area contributed by atoms with Crippen LogP contribution in [0.5, 0.6) is 5.75 Å². The van der Waals surface area contributed by atoms with Gasteiger partial charge in [-0.05, 0) is 24.1 Å². The third-order valence-electron chi connectivity index (χ3n) is 2.59. The molecule has 0 amide bonds. The Kier molecular flexibility index (Phi) is 6.04. The van der Waals surface area contributed by atoms with Crippen molar-refractivity contribution in [3.05, 3.63) is 29.8 Å². The second-order valence-corrected chi connectivity index (χ2v) is 3.87. The van der Waals surface area contributed by atoms with E-state index in [0.717, 1.165) is 30.6 Å². The Bertz CT molecular complexity index is 313. The summed E-state index contributed by atoms with van der Waals surface area (Å²) < 4.78 is 10.2. The number of ether oxygens (including phenoxy) is 1. The maximum absolute atomic E-state index is 8.89. The van der Waals surface area contributed by atoms with Crippen LogP contribution in [-0.4, -0.2) is 24.5 Å². The summed E-state index contributed by atoms with van der Waals surface area (Å²) in [6, 6.07) is 7.42. The van der Waals surface area contributed by atoms with Crippen molar-refractivity contribution in [2.24, 2.45) is 0 Å². The molecule has 0 aliphatic carbocycles. The van der Waals surface area contributed by atoms with Gasteiger partial charge in [0.15, 0.2) is 0 Å². The van der Waals surface area contributed by atoms with E-state index in [1.807, 2.05) is 24.3 Å². The van der Waals surface area contributed by atoms with Crippen molar-refractivity contribution in [1.82, 2.24) is 0 Å². The predicted molar refractivity (Wildman–Crippen MR) is 66.5 cm³/mol. The molecule has 0 spiro atoms. The number of hydrogen-bond acceptors (Lipinski definition) is 4. The maximum Gasteiger partial charge on any atom is 0.634 e. The minimum Gasteiger partial charge on any atom is -0.497 e. The smallest absolute Gasteiger partial charge is 0.497 e. The summed E-state index contributed by atoms with van der Waals surface area (Å²) in [4.78, 5) is 0. The highest BCUT2D eigenvalue weighted by molar-refractivity contribution is 6.32. The van der Waals surface area contributed by atoms with Crippen molar-refractivity contribution >= 4 is 7.32 Å². The van der Waals surface area contributed by atoms with Crippen LogP contribution < -0.4 is 4.74 Å². The summed E-state index contributed by atoms with van der Waals surface area (Å²) in [7, 11) is -0.128. The molecule has 0 radical (unpaired) electrons. The van der Waals surface area contributed by atoms with Gasteiger partial charge in [-0.15, -0.1) is 0 Å². The molecule has 0 fully saturated rings. The summed E-state index contributed by atoms with van der Waals surface area (Å²) in [6.07, 6.45) is 2.49. The van der Waals surface area contributed by atoms with Gasteiger partial charge in [0.1, 0.15) is 5.75 Å². The zero-order chi connectivity index (χ0) is 12.7. The van der Waals surface area contributed by atoms with Crippen LogP contribution in [0.1, 0.15) is 37.9 Å². The molecule has 1 unspecified atom stereocenters. The summed E-state index contributed by atoms with van der Waals surface area (Å²) in [5.74, 6) is 0.771. The van der Waals surface area contributed by atoms with Gasteiger partial charge in [0, 0.05) is 0 Å². The van der Waals surface area contributed by atoms with Gasteiger partial charge < -0.3 is 19.4 Å². The molecule has 17 heavy (non-hydrogen) atoms. The second kappa shape index (κ2) is 7.32. The monoisotopic (exact) mass is 238 g/mol. The Balaban J connectivity index is 2.72. The van der Waals surface area contributed by atoms with Gasteiger partial charge in [-0.2, -0.15) is 0 Å². The third kappa shape index (κ3) is 4.77. The number of hydrogen-bond donors (Lipinski definition) is 2. The van der Waals surface area contributed by atoms with Gasteiger partial charge in [-0.3, -0.25) is 0 Å². The van der Waals surface area contributed by atoms with Crippen molar-refractivity contribution in [3.8, 4) is 5.75 Å². The molecule has 0 aliphatic rings. The first-order valence-corrected chi connectivity index (χ1v) is 5.83. The summed E-state index contributed by atoms with van der Waals surface area (Å²) in [5, 5.41) is 17.8. The van der Waals surface area contributed by atoms with Crippen molar-refractivity contribution < 1.29 is 19.4 Å². The Morgan fingerprint density at radius 3 is 2.35 bits per heavy atom. The first-order chi connectivity index (χ1) is 8.17. The fourth-order valence-electron chi connectivity index (χ4n) is 1.67. The van der Waals surface area contributed by atoms with Gasteiger partial charge in [-0.1, -0.05) is 31.9 Å². The van der Waals surface area contributed by atoms with Crippen LogP contribution in [0, 0.1) is 0 Å². The molecule has 0 bridgehead atoms. The Morgan fingerprint density at radius 1 is 1.24 bits per heavy atom. The fourth-order valence-corrected chi connectivity index (χ4v) is 1.67. The molecular weight excluding hydrogens is 219 g/mol. The van der Waals surface area contributed by atoms with E-state index in [4.69, 9.17) is 19.4 Å². The summed E-state index contributed by atoms with van der Waals surface area (Å²) in [5.41, 5.74) is 0.923. The van der Waals surface area contributed by atoms with Crippen molar-refractivity contribution in [3.63, 3.8) is 0 Å². The van der Waals surface area contributed by atoms with Crippen LogP contribution in [0.25, 0.3) is 0 Å². The molecule has 1 aromatic rings. The topological polar surface area (TPSA) is 58.9 Å². The zero-order valence-electron chi connectivity index (χ0n) is 10.3. The summed E-state index contributed by atoms with van der Waals surface area (Å²) >= 11 is 0. The van der Waals surface area contributed by atoms with Crippen LogP contribution in [0.15, 0.2) is 24.3 Å². The van der Waals surface area contributed by atoms with Gasteiger partial charge >= 0.3 is 7.32 Å². The molecule has 0 saturated heterocycles. The number of methoxy groups -OCH3 is 1. The van der Waals surface area contributed by atoms with E-state index in [2.05, 4.69) is 6.92 Å². The minimum atomic E-state index is -1.74. The zero-order valence-corrected chi connectivity index (χ0v) is 10.3. The van der Waals surface area contributed by atoms with E-state index in [0.29, 0.717) is 0 Å². The van der Waals surface area contributed by atoms with E-state index in [1.165, 1.54) is 0 Å². The second-order valence-electron chi connectivity index (χ2n) is 3.87. The molecule has 0 heterocycles. The Morgan fingerprint density at radius 2 is 1.88 bits per heavy atom. The highest BCUT2D eigenvalue weighted by Crippen LogP contribution is 2.25. The number of rotatable bonds is 7. The molecule has 1 aromatic carbocycles. The predicted octanol–water partition coefficient (Wildman–Crippen LogP) is 1.91. The van der Waals surface area contributed by atoms with Crippen LogP contribution >= 0.6 is 0 Å². The molecule has 0 aromatic heterocycles. The molecule has 94 valence electrons. The van der Waals surface area contributed by atoms with Crippen molar-refractivity contribution in [2.45, 2.75) is 32.3 Å². The molecule has 4 nitrogen and oxygen atoms in total. The maximum atomic E-state index is 8.89. The molecule has 0 saturated carbocycles. The molecule has 0 aliphatic heterocycles. The number of unbranched alkanes of at least 4 members (excludes halogenated alkanes) is 1. The first-order valence-electron chi connectivity index (χ1n) is 5.83. The van der Waals surface area contributed by atoms with E-state index in [1.54, 1.807) is 7.11 Å². The molecule has 1 atom stereocenters. The van der Waals surface area contributed by atoms with Gasteiger partial charge in [0.25, 0.3) is 0 Å². The van der Waals surface area contributed by atoms with E-state index >= 15 is 0 Å². The lowest BCUT2D eigenvalue weighted by Gasteiger charge is -2.18. The van der Waals surface area contributed by atoms with Crippen LogP contribution in [0.2, 0.25) is 0 Å². The average Bonchev–Trinajstić information content (AvgIpc) is 2.34. The van der Waals surface area contributed by atoms with Crippen molar-refractivity contribution in [1.29, 1.82) is 0 Å². The third-order valence-corrected chi connectivity index (χ3v) is 2.59. The van der Waals surface area contributed by atoms with Crippen LogP contribution in [0.4, 0.5) is 0 Å². The Labute approximate surface area is 102 Å². The quantitative estimate of drug-likeness (QED) is 0.712. The lowest BCUT2D eigenvalue weighted by Crippen LogP contribution is -2.20. The number of benzene rings is 1. The minimum absolute atomic E-state index is 0.291. The lowest BCUT2D eigenvalue weighted by atomic mass is 10.0. The SMILES string of the molecule is CCCCC(OB(O)O)c1ccc(OC)cc1. The van der Waals surface area contributed by atoms with E-state index < -0.39 is 7.32 Å². The van der Waals surface area contributed by atoms with E-state index in [-0.39, 0.29) is 6.10 Å².